The predicted molar refractivity (Wildman–Crippen MR) is 73.4 cm³/mol. The van der Waals surface area contributed by atoms with Crippen molar-refractivity contribution in [2.24, 2.45) is 0 Å². The number of para-hydroxylation sites is 1. The summed E-state index contributed by atoms with van der Waals surface area (Å²) in [5, 5.41) is 0.252. The minimum atomic E-state index is -4.13. The van der Waals surface area contributed by atoms with Crippen molar-refractivity contribution in [2.45, 2.75) is 11.8 Å². The smallest absolute Gasteiger partial charge is 0.262 e. The monoisotopic (exact) mass is 317 g/mol. The van der Waals surface area contributed by atoms with Gasteiger partial charge in [0.2, 0.25) is 0 Å². The summed E-state index contributed by atoms with van der Waals surface area (Å²) < 4.78 is 53.2. The fraction of sp³-hybridized carbons (Fsp3) is 0.0769. The molecule has 2 aromatic rings. The maximum atomic E-state index is 13.5. The molecule has 0 fully saturated rings. The average molecular weight is 318 g/mol. The summed E-state index contributed by atoms with van der Waals surface area (Å²) in [4.78, 5) is -0.132. The molecule has 2 aromatic carbocycles. The van der Waals surface area contributed by atoms with E-state index in [-0.39, 0.29) is 9.92 Å². The summed E-state index contributed by atoms with van der Waals surface area (Å²) in [5.74, 6) is -1.98. The van der Waals surface area contributed by atoms with Crippen molar-refractivity contribution in [1.82, 2.24) is 0 Å². The molecule has 1 N–H and O–H groups in total. The third kappa shape index (κ3) is 2.76. The van der Waals surface area contributed by atoms with Crippen LogP contribution in [0.15, 0.2) is 41.3 Å². The summed E-state index contributed by atoms with van der Waals surface area (Å²) in [6.07, 6.45) is 0. The second-order valence-corrected chi connectivity index (χ2v) is 6.12. The van der Waals surface area contributed by atoms with Gasteiger partial charge in [-0.15, -0.1) is 0 Å². The Balaban J connectivity index is 2.50. The van der Waals surface area contributed by atoms with Crippen LogP contribution < -0.4 is 4.72 Å². The molecule has 0 bridgehead atoms. The van der Waals surface area contributed by atoms with Crippen molar-refractivity contribution in [3.05, 3.63) is 58.6 Å². The van der Waals surface area contributed by atoms with Gasteiger partial charge in [-0.1, -0.05) is 23.7 Å². The van der Waals surface area contributed by atoms with Crippen LogP contribution in [0, 0.1) is 18.6 Å². The largest absolute Gasteiger partial charge is 0.274 e. The maximum absolute atomic E-state index is 13.5. The lowest BCUT2D eigenvalue weighted by molar-refractivity contribution is 0.582. The van der Waals surface area contributed by atoms with Crippen LogP contribution in [0.1, 0.15) is 5.56 Å². The van der Waals surface area contributed by atoms with Gasteiger partial charge in [0.05, 0.1) is 4.90 Å². The van der Waals surface area contributed by atoms with E-state index in [1.165, 1.54) is 25.1 Å². The Hall–Kier alpha value is -1.66. The number of benzene rings is 2. The molecule has 0 unspecified atom stereocenters. The molecule has 0 aromatic heterocycles. The Morgan fingerprint density at radius 1 is 1.05 bits per heavy atom. The lowest BCUT2D eigenvalue weighted by atomic mass is 10.2. The van der Waals surface area contributed by atoms with Crippen molar-refractivity contribution in [2.75, 3.05) is 4.72 Å². The molecular formula is C13H10ClF2NO2S. The lowest BCUT2D eigenvalue weighted by Gasteiger charge is -2.12. The summed E-state index contributed by atoms with van der Waals surface area (Å²) in [6, 6.07) is 7.36. The number of sulfonamides is 1. The summed E-state index contributed by atoms with van der Waals surface area (Å²) in [6.45, 7) is 1.51. The van der Waals surface area contributed by atoms with E-state index in [1.807, 2.05) is 4.72 Å². The molecule has 0 radical (unpaired) electrons. The third-order valence-corrected chi connectivity index (χ3v) is 4.61. The topological polar surface area (TPSA) is 46.2 Å². The third-order valence-electron chi connectivity index (χ3n) is 2.71. The van der Waals surface area contributed by atoms with Gasteiger partial charge in [0.25, 0.3) is 10.0 Å². The fourth-order valence-corrected chi connectivity index (χ4v) is 3.24. The highest BCUT2D eigenvalue weighted by atomic mass is 35.5. The molecule has 3 nitrogen and oxygen atoms in total. The molecule has 0 amide bonds. The Morgan fingerprint density at radius 3 is 2.20 bits per heavy atom. The van der Waals surface area contributed by atoms with Gasteiger partial charge in [-0.05, 0) is 36.8 Å². The van der Waals surface area contributed by atoms with Crippen molar-refractivity contribution in [3.63, 3.8) is 0 Å². The Labute approximate surface area is 120 Å². The van der Waals surface area contributed by atoms with Crippen LogP contribution in [0.3, 0.4) is 0 Å². The van der Waals surface area contributed by atoms with Gasteiger partial charge in [0.15, 0.2) is 0 Å². The highest BCUT2D eigenvalue weighted by Crippen LogP contribution is 2.26. The van der Waals surface area contributed by atoms with Crippen molar-refractivity contribution >= 4 is 27.3 Å². The zero-order valence-corrected chi connectivity index (χ0v) is 11.9. The standard InChI is InChI=1S/C13H10ClF2NO2S/c1-8-9(14)4-2-7-12(8)20(18,19)17-13-10(15)5-3-6-11(13)16/h2-7,17H,1H3. The Bertz CT molecular complexity index is 743. The molecule has 0 atom stereocenters. The first kappa shape index (κ1) is 14.7. The Morgan fingerprint density at radius 2 is 1.60 bits per heavy atom. The molecule has 0 aliphatic rings. The van der Waals surface area contributed by atoms with Crippen LogP contribution in [0.4, 0.5) is 14.5 Å². The van der Waals surface area contributed by atoms with E-state index < -0.39 is 27.3 Å². The fourth-order valence-electron chi connectivity index (χ4n) is 1.66. The van der Waals surface area contributed by atoms with Crippen molar-refractivity contribution in [3.8, 4) is 0 Å². The van der Waals surface area contributed by atoms with E-state index in [0.717, 1.165) is 18.2 Å². The van der Waals surface area contributed by atoms with Crippen LogP contribution in [-0.2, 0) is 10.0 Å². The molecule has 0 spiro atoms. The highest BCUT2D eigenvalue weighted by Gasteiger charge is 2.21. The normalized spacial score (nSPS) is 11.4. The molecular weight excluding hydrogens is 308 g/mol. The lowest BCUT2D eigenvalue weighted by Crippen LogP contribution is -2.16. The Kier molecular flexibility index (Phi) is 3.96. The van der Waals surface area contributed by atoms with E-state index in [4.69, 9.17) is 11.6 Å². The van der Waals surface area contributed by atoms with Gasteiger partial charge in [0.1, 0.15) is 17.3 Å². The van der Waals surface area contributed by atoms with E-state index in [9.17, 15) is 17.2 Å². The number of nitrogens with one attached hydrogen (secondary N) is 1. The molecule has 106 valence electrons. The number of hydrogen-bond acceptors (Lipinski definition) is 2. The summed E-state index contributed by atoms with van der Waals surface area (Å²) >= 11 is 5.85. The molecule has 20 heavy (non-hydrogen) atoms. The van der Waals surface area contributed by atoms with E-state index in [0.29, 0.717) is 5.56 Å². The molecule has 0 aliphatic heterocycles. The van der Waals surface area contributed by atoms with Crippen LogP contribution in [0.25, 0.3) is 0 Å². The van der Waals surface area contributed by atoms with Crippen LogP contribution in [0.5, 0.6) is 0 Å². The van der Waals surface area contributed by atoms with Gasteiger partial charge in [-0.25, -0.2) is 17.2 Å². The van der Waals surface area contributed by atoms with E-state index in [1.54, 1.807) is 0 Å². The van der Waals surface area contributed by atoms with Crippen LogP contribution in [-0.4, -0.2) is 8.42 Å². The van der Waals surface area contributed by atoms with Gasteiger partial charge >= 0.3 is 0 Å². The zero-order chi connectivity index (χ0) is 14.9. The second-order valence-electron chi connectivity index (χ2n) is 4.07. The van der Waals surface area contributed by atoms with Gasteiger partial charge in [0, 0.05) is 5.02 Å². The highest BCUT2D eigenvalue weighted by molar-refractivity contribution is 7.92. The molecule has 0 saturated heterocycles. The van der Waals surface area contributed by atoms with Crippen molar-refractivity contribution in [1.29, 1.82) is 0 Å². The SMILES string of the molecule is Cc1c(Cl)cccc1S(=O)(=O)Nc1c(F)cccc1F. The predicted octanol–water partition coefficient (Wildman–Crippen LogP) is 3.73. The molecule has 0 heterocycles. The number of anilines is 1. The van der Waals surface area contributed by atoms with Crippen molar-refractivity contribution < 1.29 is 17.2 Å². The van der Waals surface area contributed by atoms with E-state index >= 15 is 0 Å². The first-order valence-electron chi connectivity index (χ1n) is 5.55. The van der Waals surface area contributed by atoms with Crippen LogP contribution >= 0.6 is 11.6 Å². The average Bonchev–Trinajstić information content (AvgIpc) is 2.37. The quantitative estimate of drug-likeness (QED) is 0.937. The first-order valence-corrected chi connectivity index (χ1v) is 7.41. The van der Waals surface area contributed by atoms with Gasteiger partial charge in [-0.2, -0.15) is 0 Å². The minimum Gasteiger partial charge on any atom is -0.274 e. The summed E-state index contributed by atoms with van der Waals surface area (Å²) in [7, 11) is -4.13. The molecule has 0 aliphatic carbocycles. The minimum absolute atomic E-state index is 0.132. The van der Waals surface area contributed by atoms with Gasteiger partial charge in [-0.3, -0.25) is 4.72 Å². The maximum Gasteiger partial charge on any atom is 0.262 e. The molecule has 0 saturated carbocycles. The molecule has 2 rings (SSSR count). The zero-order valence-electron chi connectivity index (χ0n) is 10.3. The number of rotatable bonds is 3. The molecule has 7 heteroatoms. The first-order chi connectivity index (χ1) is 9.33. The van der Waals surface area contributed by atoms with E-state index in [2.05, 4.69) is 0 Å². The second kappa shape index (κ2) is 5.38. The van der Waals surface area contributed by atoms with Crippen LogP contribution in [0.2, 0.25) is 5.02 Å². The summed E-state index contributed by atoms with van der Waals surface area (Å²) in [5.41, 5.74) is -0.412. The number of halogens is 3. The number of hydrogen-bond donors (Lipinski definition) is 1. The van der Waals surface area contributed by atoms with Gasteiger partial charge < -0.3 is 0 Å².